The van der Waals surface area contributed by atoms with Crippen LogP contribution in [0.4, 0.5) is 8.78 Å². The average Bonchev–Trinajstić information content (AvgIpc) is 2.81. The van der Waals surface area contributed by atoms with Crippen molar-refractivity contribution in [2.45, 2.75) is 25.8 Å². The summed E-state index contributed by atoms with van der Waals surface area (Å²) in [5, 5.41) is 9.53. The Morgan fingerprint density at radius 3 is 2.72 bits per heavy atom. The molecule has 96 valence electrons. The molecule has 1 aromatic carbocycles. The van der Waals surface area contributed by atoms with E-state index in [1.165, 1.54) is 17.4 Å². The van der Waals surface area contributed by atoms with Crippen LogP contribution >= 0.6 is 11.3 Å². The molecule has 1 unspecified atom stereocenters. The first-order valence-corrected chi connectivity index (χ1v) is 6.43. The normalized spacial score (nSPS) is 12.7. The summed E-state index contributed by atoms with van der Waals surface area (Å²) in [6.45, 7) is 1.97. The topological polar surface area (TPSA) is 51.8 Å². The summed E-state index contributed by atoms with van der Waals surface area (Å²) in [6, 6.07) is 3.72. The Balaban J connectivity index is 2.13. The molecule has 0 bridgehead atoms. The SMILES string of the molecule is CCC(N)c1nnc(Cc2ccc(F)c(F)c2)s1. The fraction of sp³-hybridized carbons (Fsp3) is 0.333. The van der Waals surface area contributed by atoms with E-state index >= 15 is 0 Å². The van der Waals surface area contributed by atoms with E-state index in [4.69, 9.17) is 5.73 Å². The maximum Gasteiger partial charge on any atom is 0.159 e. The second kappa shape index (κ2) is 5.49. The van der Waals surface area contributed by atoms with Crippen LogP contribution in [0, 0.1) is 11.6 Å². The van der Waals surface area contributed by atoms with Crippen LogP contribution in [0.15, 0.2) is 18.2 Å². The zero-order chi connectivity index (χ0) is 13.1. The van der Waals surface area contributed by atoms with Gasteiger partial charge in [-0.3, -0.25) is 0 Å². The Morgan fingerprint density at radius 2 is 2.06 bits per heavy atom. The Bertz CT molecular complexity index is 542. The van der Waals surface area contributed by atoms with Gasteiger partial charge in [-0.1, -0.05) is 24.3 Å². The second-order valence-corrected chi connectivity index (χ2v) is 5.07. The van der Waals surface area contributed by atoms with Crippen molar-refractivity contribution in [3.05, 3.63) is 45.4 Å². The number of hydrogen-bond acceptors (Lipinski definition) is 4. The number of nitrogens with two attached hydrogens (primary N) is 1. The second-order valence-electron chi connectivity index (χ2n) is 3.97. The predicted octanol–water partition coefficient (Wildman–Crippen LogP) is 2.82. The van der Waals surface area contributed by atoms with Crippen LogP contribution in [0.2, 0.25) is 0 Å². The van der Waals surface area contributed by atoms with Gasteiger partial charge in [0.25, 0.3) is 0 Å². The van der Waals surface area contributed by atoms with Crippen LogP contribution in [0.5, 0.6) is 0 Å². The average molecular weight is 269 g/mol. The number of aromatic nitrogens is 2. The highest BCUT2D eigenvalue weighted by Crippen LogP contribution is 2.21. The monoisotopic (exact) mass is 269 g/mol. The molecule has 0 radical (unpaired) electrons. The van der Waals surface area contributed by atoms with Gasteiger partial charge in [0.05, 0.1) is 6.04 Å². The van der Waals surface area contributed by atoms with Crippen molar-refractivity contribution < 1.29 is 8.78 Å². The molecule has 0 aliphatic heterocycles. The quantitative estimate of drug-likeness (QED) is 0.928. The molecule has 0 aliphatic carbocycles. The first kappa shape index (κ1) is 13.0. The van der Waals surface area contributed by atoms with Gasteiger partial charge in [0.15, 0.2) is 11.6 Å². The summed E-state index contributed by atoms with van der Waals surface area (Å²) in [5.41, 5.74) is 6.51. The highest BCUT2D eigenvalue weighted by atomic mass is 32.1. The molecule has 2 rings (SSSR count). The summed E-state index contributed by atoms with van der Waals surface area (Å²) in [4.78, 5) is 0. The lowest BCUT2D eigenvalue weighted by Gasteiger charge is -2.01. The molecule has 1 heterocycles. The molecule has 0 saturated heterocycles. The molecule has 2 aromatic rings. The number of nitrogens with zero attached hydrogens (tertiary/aromatic N) is 2. The van der Waals surface area contributed by atoms with Crippen LogP contribution in [0.1, 0.15) is 35.0 Å². The lowest BCUT2D eigenvalue weighted by atomic mass is 10.1. The molecule has 0 amide bonds. The molecule has 0 aliphatic rings. The standard InChI is InChI=1S/C12H13F2N3S/c1-2-10(15)12-17-16-11(18-12)6-7-3-4-8(13)9(14)5-7/h3-5,10H,2,6,15H2,1H3. The lowest BCUT2D eigenvalue weighted by molar-refractivity contribution is 0.507. The summed E-state index contributed by atoms with van der Waals surface area (Å²) in [5.74, 6) is -1.69. The van der Waals surface area contributed by atoms with Crippen LogP contribution in [-0.4, -0.2) is 10.2 Å². The zero-order valence-electron chi connectivity index (χ0n) is 9.86. The van der Waals surface area contributed by atoms with E-state index in [9.17, 15) is 8.78 Å². The third-order valence-electron chi connectivity index (χ3n) is 2.58. The van der Waals surface area contributed by atoms with E-state index < -0.39 is 11.6 Å². The molecule has 18 heavy (non-hydrogen) atoms. The minimum atomic E-state index is -0.845. The molecule has 2 N–H and O–H groups in total. The minimum Gasteiger partial charge on any atom is -0.322 e. The molecule has 0 saturated carbocycles. The smallest absolute Gasteiger partial charge is 0.159 e. The third kappa shape index (κ3) is 2.88. The largest absolute Gasteiger partial charge is 0.322 e. The van der Waals surface area contributed by atoms with Crippen molar-refractivity contribution in [2.75, 3.05) is 0 Å². The van der Waals surface area contributed by atoms with Gasteiger partial charge < -0.3 is 5.73 Å². The molecule has 0 spiro atoms. The van der Waals surface area contributed by atoms with Gasteiger partial charge in [-0.2, -0.15) is 0 Å². The number of rotatable bonds is 4. The zero-order valence-corrected chi connectivity index (χ0v) is 10.7. The van der Waals surface area contributed by atoms with E-state index in [-0.39, 0.29) is 6.04 Å². The summed E-state index contributed by atoms with van der Waals surface area (Å²) < 4.78 is 25.8. The van der Waals surface area contributed by atoms with E-state index in [0.29, 0.717) is 12.0 Å². The van der Waals surface area contributed by atoms with Crippen molar-refractivity contribution in [3.63, 3.8) is 0 Å². The van der Waals surface area contributed by atoms with Gasteiger partial charge in [-0.15, -0.1) is 10.2 Å². The molecule has 1 aromatic heterocycles. The minimum absolute atomic E-state index is 0.110. The van der Waals surface area contributed by atoms with Crippen molar-refractivity contribution in [2.24, 2.45) is 5.73 Å². The van der Waals surface area contributed by atoms with Crippen LogP contribution in [0.3, 0.4) is 0 Å². The van der Waals surface area contributed by atoms with Gasteiger partial charge >= 0.3 is 0 Å². The van der Waals surface area contributed by atoms with Crippen molar-refractivity contribution in [1.82, 2.24) is 10.2 Å². The Morgan fingerprint density at radius 1 is 1.28 bits per heavy atom. The summed E-state index contributed by atoms with van der Waals surface area (Å²) in [6.07, 6.45) is 1.23. The maximum absolute atomic E-state index is 13.0. The van der Waals surface area contributed by atoms with Gasteiger partial charge in [-0.05, 0) is 24.1 Å². The van der Waals surface area contributed by atoms with Crippen LogP contribution in [0.25, 0.3) is 0 Å². The summed E-state index contributed by atoms with van der Waals surface area (Å²) in [7, 11) is 0. The molecule has 0 fully saturated rings. The number of benzene rings is 1. The lowest BCUT2D eigenvalue weighted by Crippen LogP contribution is -2.07. The molecular formula is C12H13F2N3S. The van der Waals surface area contributed by atoms with Gasteiger partial charge in [0.1, 0.15) is 10.0 Å². The van der Waals surface area contributed by atoms with E-state index in [2.05, 4.69) is 10.2 Å². The van der Waals surface area contributed by atoms with Crippen LogP contribution < -0.4 is 5.73 Å². The van der Waals surface area contributed by atoms with Gasteiger partial charge in [-0.25, -0.2) is 8.78 Å². The van der Waals surface area contributed by atoms with E-state index in [0.717, 1.165) is 22.5 Å². The molecule has 3 nitrogen and oxygen atoms in total. The third-order valence-corrected chi connectivity index (χ3v) is 3.63. The molecule has 6 heteroatoms. The van der Waals surface area contributed by atoms with E-state index in [1.807, 2.05) is 6.92 Å². The Hall–Kier alpha value is -1.40. The summed E-state index contributed by atoms with van der Waals surface area (Å²) >= 11 is 1.41. The maximum atomic E-state index is 13.0. The predicted molar refractivity (Wildman–Crippen MR) is 66.3 cm³/mol. The highest BCUT2D eigenvalue weighted by Gasteiger charge is 2.11. The van der Waals surface area contributed by atoms with Crippen molar-refractivity contribution in [3.8, 4) is 0 Å². The van der Waals surface area contributed by atoms with Crippen molar-refractivity contribution >= 4 is 11.3 Å². The molecular weight excluding hydrogens is 256 g/mol. The first-order valence-electron chi connectivity index (χ1n) is 5.62. The van der Waals surface area contributed by atoms with Gasteiger partial charge in [0.2, 0.25) is 0 Å². The fourth-order valence-corrected chi connectivity index (χ4v) is 2.45. The van der Waals surface area contributed by atoms with Gasteiger partial charge in [0, 0.05) is 6.42 Å². The number of halogens is 2. The highest BCUT2D eigenvalue weighted by molar-refractivity contribution is 7.11. The molecule has 1 atom stereocenters. The van der Waals surface area contributed by atoms with Crippen LogP contribution in [-0.2, 0) is 6.42 Å². The first-order chi connectivity index (χ1) is 8.60. The number of hydrogen-bond donors (Lipinski definition) is 1. The van der Waals surface area contributed by atoms with Crippen molar-refractivity contribution in [1.29, 1.82) is 0 Å². The Labute approximate surface area is 108 Å². The Kier molecular flexibility index (Phi) is 3.98. The van der Waals surface area contributed by atoms with E-state index in [1.54, 1.807) is 6.07 Å². The fourth-order valence-electron chi connectivity index (χ4n) is 1.49.